The molecule has 0 radical (unpaired) electrons. The molecule has 3 heterocycles. The van der Waals surface area contributed by atoms with Gasteiger partial charge in [0.15, 0.2) is 5.13 Å². The van der Waals surface area contributed by atoms with E-state index in [2.05, 4.69) is 41.2 Å². The van der Waals surface area contributed by atoms with E-state index in [1.807, 2.05) is 20.9 Å². The Morgan fingerprint density at radius 3 is 2.30 bits per heavy atom. The molecule has 6 heteroatoms. The van der Waals surface area contributed by atoms with Gasteiger partial charge in [0.1, 0.15) is 5.82 Å². The number of nitrogens with one attached hydrogen (secondary N) is 1. The molecule has 1 aliphatic rings. The summed E-state index contributed by atoms with van der Waals surface area (Å²) in [5.41, 5.74) is 3.24. The molecule has 1 saturated heterocycles. The molecule has 0 aliphatic carbocycles. The summed E-state index contributed by atoms with van der Waals surface area (Å²) >= 11 is 1.73. The topological polar surface area (TPSA) is 50.3 Å². The number of hydrogen-bond donors (Lipinski definition) is 1. The third kappa shape index (κ3) is 3.48. The molecule has 2 aromatic heterocycles. The smallest absolute Gasteiger partial charge is 0.188 e. The number of pyridine rings is 1. The van der Waals surface area contributed by atoms with Crippen LogP contribution < -0.4 is 10.2 Å². The van der Waals surface area contributed by atoms with E-state index in [1.165, 1.54) is 10.4 Å². The summed E-state index contributed by atoms with van der Waals surface area (Å²) in [6.45, 7) is 10.1. The van der Waals surface area contributed by atoms with Crippen LogP contribution in [0.1, 0.15) is 25.2 Å². The molecule has 0 aromatic carbocycles. The third-order valence-electron chi connectivity index (χ3n) is 3.89. The Kier molecular flexibility index (Phi) is 4.55. The molecule has 3 rings (SSSR count). The first-order valence-corrected chi connectivity index (χ1v) is 8.82. The van der Waals surface area contributed by atoms with Crippen molar-refractivity contribution in [1.82, 2.24) is 9.97 Å². The molecule has 0 saturated carbocycles. The Labute approximate surface area is 141 Å². The van der Waals surface area contributed by atoms with Gasteiger partial charge in [0.25, 0.3) is 0 Å². The maximum Gasteiger partial charge on any atom is 0.188 e. The van der Waals surface area contributed by atoms with Crippen molar-refractivity contribution in [2.24, 2.45) is 0 Å². The number of aromatic nitrogens is 2. The van der Waals surface area contributed by atoms with Crippen LogP contribution in [0.25, 0.3) is 10.4 Å². The second-order valence-corrected chi connectivity index (χ2v) is 7.20. The molecule has 23 heavy (non-hydrogen) atoms. The van der Waals surface area contributed by atoms with Gasteiger partial charge in [0.2, 0.25) is 0 Å². The minimum absolute atomic E-state index is 0.231. The third-order valence-corrected chi connectivity index (χ3v) is 5.05. The van der Waals surface area contributed by atoms with Gasteiger partial charge in [-0.2, -0.15) is 0 Å². The van der Waals surface area contributed by atoms with Crippen molar-refractivity contribution in [3.8, 4) is 10.4 Å². The van der Waals surface area contributed by atoms with Crippen LogP contribution >= 0.6 is 11.3 Å². The highest BCUT2D eigenvalue weighted by molar-refractivity contribution is 7.19. The quantitative estimate of drug-likeness (QED) is 0.932. The molecule has 0 spiro atoms. The predicted octanol–water partition coefficient (Wildman–Crippen LogP) is 3.48. The number of rotatable bonds is 3. The largest absolute Gasteiger partial charge is 0.372 e. The molecule has 1 N–H and O–H groups in total. The molecular weight excluding hydrogens is 308 g/mol. The van der Waals surface area contributed by atoms with Crippen LogP contribution in [0, 0.1) is 13.8 Å². The molecule has 2 aromatic rings. The van der Waals surface area contributed by atoms with Gasteiger partial charge in [-0.15, -0.1) is 0 Å². The lowest BCUT2D eigenvalue weighted by atomic mass is 10.1. The van der Waals surface area contributed by atoms with Gasteiger partial charge in [-0.05, 0) is 45.4 Å². The number of thiazole rings is 1. The molecular formula is C17H24N4OS. The van der Waals surface area contributed by atoms with Crippen molar-refractivity contribution >= 4 is 22.3 Å². The van der Waals surface area contributed by atoms with Crippen LogP contribution in [-0.4, -0.2) is 42.3 Å². The zero-order valence-corrected chi connectivity index (χ0v) is 15.2. The number of morpholine rings is 1. The van der Waals surface area contributed by atoms with E-state index in [9.17, 15) is 0 Å². The average molecular weight is 332 g/mol. The fourth-order valence-corrected chi connectivity index (χ4v) is 4.19. The lowest BCUT2D eigenvalue weighted by Crippen LogP contribution is -2.45. The first-order chi connectivity index (χ1) is 11.0. The highest BCUT2D eigenvalue weighted by atomic mass is 32.1. The van der Waals surface area contributed by atoms with Crippen LogP contribution in [0.3, 0.4) is 0 Å². The summed E-state index contributed by atoms with van der Waals surface area (Å²) in [4.78, 5) is 12.8. The number of hydrogen-bond acceptors (Lipinski definition) is 6. The van der Waals surface area contributed by atoms with Crippen molar-refractivity contribution in [2.45, 2.75) is 39.9 Å². The SMILES string of the molecule is CNc1nc(N2CC(C)OC(C)C2)sc1-c1cc(C)nc(C)c1. The average Bonchev–Trinajstić information content (AvgIpc) is 2.89. The van der Waals surface area contributed by atoms with Gasteiger partial charge >= 0.3 is 0 Å². The zero-order valence-electron chi connectivity index (χ0n) is 14.4. The number of aryl methyl sites for hydroxylation is 2. The van der Waals surface area contributed by atoms with Gasteiger partial charge in [-0.1, -0.05) is 11.3 Å². The maximum atomic E-state index is 5.83. The van der Waals surface area contributed by atoms with Crippen molar-refractivity contribution in [3.05, 3.63) is 23.5 Å². The van der Waals surface area contributed by atoms with Crippen LogP contribution in [0.5, 0.6) is 0 Å². The standard InChI is InChI=1S/C17H24N4OS/c1-10-6-14(7-11(2)19-10)15-16(18-5)20-17(23-15)21-8-12(3)22-13(4)9-21/h6-7,12-13,18H,8-9H2,1-5H3. The minimum atomic E-state index is 0.231. The van der Waals surface area contributed by atoms with Crippen LogP contribution in [-0.2, 0) is 4.74 Å². The van der Waals surface area contributed by atoms with Crippen molar-refractivity contribution in [3.63, 3.8) is 0 Å². The molecule has 0 amide bonds. The van der Waals surface area contributed by atoms with Gasteiger partial charge in [-0.25, -0.2) is 4.98 Å². The summed E-state index contributed by atoms with van der Waals surface area (Å²) < 4.78 is 5.83. The molecule has 5 nitrogen and oxygen atoms in total. The van der Waals surface area contributed by atoms with E-state index in [4.69, 9.17) is 9.72 Å². The molecule has 2 unspecified atom stereocenters. The Morgan fingerprint density at radius 2 is 1.74 bits per heavy atom. The number of ether oxygens (including phenoxy) is 1. The highest BCUT2D eigenvalue weighted by Crippen LogP contribution is 2.39. The first kappa shape index (κ1) is 16.2. The Morgan fingerprint density at radius 1 is 1.13 bits per heavy atom. The monoisotopic (exact) mass is 332 g/mol. The van der Waals surface area contributed by atoms with Crippen molar-refractivity contribution in [2.75, 3.05) is 30.4 Å². The Hall–Kier alpha value is -1.66. The molecule has 124 valence electrons. The molecule has 1 fully saturated rings. The van der Waals surface area contributed by atoms with Gasteiger partial charge in [0.05, 0.1) is 17.1 Å². The van der Waals surface area contributed by atoms with Gasteiger partial charge in [0, 0.05) is 31.5 Å². The van der Waals surface area contributed by atoms with Crippen LogP contribution in [0.2, 0.25) is 0 Å². The minimum Gasteiger partial charge on any atom is -0.372 e. The van der Waals surface area contributed by atoms with Crippen LogP contribution in [0.15, 0.2) is 12.1 Å². The lowest BCUT2D eigenvalue weighted by molar-refractivity contribution is -0.00522. The van der Waals surface area contributed by atoms with Gasteiger partial charge < -0.3 is 15.0 Å². The molecule has 0 bridgehead atoms. The van der Waals surface area contributed by atoms with E-state index < -0.39 is 0 Å². The fourth-order valence-electron chi connectivity index (χ4n) is 3.11. The van der Waals surface area contributed by atoms with E-state index in [0.29, 0.717) is 0 Å². The van der Waals surface area contributed by atoms with E-state index in [1.54, 1.807) is 11.3 Å². The van der Waals surface area contributed by atoms with Crippen molar-refractivity contribution < 1.29 is 4.74 Å². The van der Waals surface area contributed by atoms with E-state index in [0.717, 1.165) is 35.4 Å². The normalized spacial score (nSPS) is 21.5. The second-order valence-electron chi connectivity index (χ2n) is 6.23. The summed E-state index contributed by atoms with van der Waals surface area (Å²) in [6.07, 6.45) is 0.462. The summed E-state index contributed by atoms with van der Waals surface area (Å²) in [5.74, 6) is 0.932. The highest BCUT2D eigenvalue weighted by Gasteiger charge is 2.25. The first-order valence-electron chi connectivity index (χ1n) is 8.01. The molecule has 2 atom stereocenters. The summed E-state index contributed by atoms with van der Waals surface area (Å²) in [7, 11) is 1.92. The fraction of sp³-hybridized carbons (Fsp3) is 0.529. The maximum absolute atomic E-state index is 5.83. The zero-order chi connectivity index (χ0) is 16.6. The van der Waals surface area contributed by atoms with E-state index in [-0.39, 0.29) is 12.2 Å². The number of anilines is 2. The van der Waals surface area contributed by atoms with E-state index >= 15 is 0 Å². The predicted molar refractivity (Wildman–Crippen MR) is 96.6 cm³/mol. The Bertz CT molecular complexity index is 670. The second kappa shape index (κ2) is 6.45. The Balaban J connectivity index is 1.97. The summed E-state index contributed by atoms with van der Waals surface area (Å²) in [5, 5.41) is 4.29. The van der Waals surface area contributed by atoms with Gasteiger partial charge in [-0.3, -0.25) is 4.98 Å². The summed E-state index contributed by atoms with van der Waals surface area (Å²) in [6, 6.07) is 4.24. The lowest BCUT2D eigenvalue weighted by Gasteiger charge is -2.35. The van der Waals surface area contributed by atoms with Crippen molar-refractivity contribution in [1.29, 1.82) is 0 Å². The number of nitrogens with zero attached hydrogens (tertiary/aromatic N) is 3. The molecule has 1 aliphatic heterocycles. The van der Waals surface area contributed by atoms with Crippen LogP contribution in [0.4, 0.5) is 10.9 Å².